The van der Waals surface area contributed by atoms with Gasteiger partial charge in [0.05, 0.1) is 12.7 Å². The summed E-state index contributed by atoms with van der Waals surface area (Å²) in [6.07, 6.45) is 2.45. The van der Waals surface area contributed by atoms with E-state index in [1.807, 2.05) is 0 Å². The second-order valence-electron chi connectivity index (χ2n) is 3.61. The molecule has 1 fully saturated rings. The number of hydrogen-bond donors (Lipinski definition) is 2. The zero-order valence-electron chi connectivity index (χ0n) is 8.99. The molecule has 0 aliphatic heterocycles. The zero-order chi connectivity index (χ0) is 11.8. The van der Waals surface area contributed by atoms with Gasteiger partial charge in [-0.15, -0.1) is 0 Å². The molecule has 0 unspecified atom stereocenters. The van der Waals surface area contributed by atoms with Crippen LogP contribution >= 0.6 is 0 Å². The first kappa shape index (κ1) is 12.5. The molecule has 0 saturated heterocycles. The summed E-state index contributed by atoms with van der Waals surface area (Å²) in [4.78, 5) is 22.0. The fourth-order valence-electron chi connectivity index (χ4n) is 1.05. The highest BCUT2D eigenvalue weighted by Crippen LogP contribution is 2.28. The van der Waals surface area contributed by atoms with Crippen molar-refractivity contribution in [3.05, 3.63) is 0 Å². The molecular weight excluding hydrogens is 210 g/mol. The van der Waals surface area contributed by atoms with Crippen molar-refractivity contribution in [3.8, 4) is 6.07 Å². The highest BCUT2D eigenvalue weighted by molar-refractivity contribution is 6.35. The van der Waals surface area contributed by atoms with Gasteiger partial charge in [-0.05, 0) is 18.8 Å². The minimum Gasteiger partial charge on any atom is -0.379 e. The van der Waals surface area contributed by atoms with Gasteiger partial charge in [0, 0.05) is 13.2 Å². The number of nitriles is 1. The molecule has 2 amide bonds. The van der Waals surface area contributed by atoms with Gasteiger partial charge in [0.15, 0.2) is 0 Å². The van der Waals surface area contributed by atoms with Crippen molar-refractivity contribution >= 4 is 11.8 Å². The second kappa shape index (κ2) is 6.80. The average molecular weight is 225 g/mol. The van der Waals surface area contributed by atoms with E-state index in [-0.39, 0.29) is 6.54 Å². The quantitative estimate of drug-likeness (QED) is 0.350. The van der Waals surface area contributed by atoms with E-state index in [0.717, 1.165) is 6.61 Å². The lowest BCUT2D eigenvalue weighted by molar-refractivity contribution is -0.139. The number of nitrogens with zero attached hydrogens (tertiary/aromatic N) is 1. The first-order chi connectivity index (χ1) is 7.74. The molecule has 0 radical (unpaired) electrons. The molecule has 1 saturated carbocycles. The number of rotatable bonds is 6. The third kappa shape index (κ3) is 5.32. The monoisotopic (exact) mass is 225 g/mol. The average Bonchev–Trinajstić information content (AvgIpc) is 3.09. The molecule has 6 nitrogen and oxygen atoms in total. The van der Waals surface area contributed by atoms with Crippen LogP contribution in [-0.4, -0.2) is 38.1 Å². The predicted molar refractivity (Wildman–Crippen MR) is 55.2 cm³/mol. The second-order valence-corrected chi connectivity index (χ2v) is 3.61. The molecule has 2 N–H and O–H groups in total. The fraction of sp³-hybridized carbons (Fsp3) is 0.700. The van der Waals surface area contributed by atoms with Gasteiger partial charge in [0.25, 0.3) is 0 Å². The summed E-state index contributed by atoms with van der Waals surface area (Å²) in [5.74, 6) is -0.830. The van der Waals surface area contributed by atoms with Gasteiger partial charge in [-0.2, -0.15) is 5.26 Å². The summed E-state index contributed by atoms with van der Waals surface area (Å²) in [7, 11) is 0. The van der Waals surface area contributed by atoms with Crippen LogP contribution in [0.2, 0.25) is 0 Å². The molecule has 0 aromatic rings. The molecule has 88 valence electrons. The lowest BCUT2D eigenvalue weighted by atomic mass is 10.5. The zero-order valence-corrected chi connectivity index (χ0v) is 8.99. The summed E-state index contributed by atoms with van der Waals surface area (Å²) in [6, 6.07) is 1.71. The van der Waals surface area contributed by atoms with E-state index >= 15 is 0 Å². The Balaban J connectivity index is 1.96. The van der Waals surface area contributed by atoms with Gasteiger partial charge < -0.3 is 15.4 Å². The molecule has 0 spiro atoms. The number of carbonyl (C=O) groups is 2. The van der Waals surface area contributed by atoms with Crippen molar-refractivity contribution in [2.24, 2.45) is 5.92 Å². The first-order valence-electron chi connectivity index (χ1n) is 5.24. The highest BCUT2D eigenvalue weighted by Gasteiger charge is 2.21. The predicted octanol–water partition coefficient (Wildman–Crippen LogP) is -0.831. The Bertz CT molecular complexity index is 294. The number of hydrogen-bond acceptors (Lipinski definition) is 4. The standard InChI is InChI=1S/C10H15N3O3/c11-3-4-12-9(14)10(15)13-5-6-16-7-8-1-2-8/h8H,1-2,4-7H2,(H,12,14)(H,13,15). The van der Waals surface area contributed by atoms with E-state index in [9.17, 15) is 9.59 Å². The largest absolute Gasteiger partial charge is 0.379 e. The molecule has 0 aromatic heterocycles. The molecular formula is C10H15N3O3. The number of nitrogens with one attached hydrogen (secondary N) is 2. The lowest BCUT2D eigenvalue weighted by Gasteiger charge is -2.05. The van der Waals surface area contributed by atoms with Crippen LogP contribution < -0.4 is 10.6 Å². The summed E-state index contributed by atoms with van der Waals surface area (Å²) >= 11 is 0. The summed E-state index contributed by atoms with van der Waals surface area (Å²) in [5.41, 5.74) is 0. The van der Waals surface area contributed by atoms with Gasteiger partial charge >= 0.3 is 11.8 Å². The summed E-state index contributed by atoms with van der Waals surface area (Å²) in [6.45, 7) is 1.29. The third-order valence-corrected chi connectivity index (χ3v) is 2.12. The molecule has 6 heteroatoms. The van der Waals surface area contributed by atoms with Crippen LogP contribution in [0.3, 0.4) is 0 Å². The molecule has 0 bridgehead atoms. The maximum absolute atomic E-state index is 11.1. The summed E-state index contributed by atoms with van der Waals surface area (Å²) in [5, 5.41) is 12.7. The van der Waals surface area contributed by atoms with E-state index in [1.165, 1.54) is 12.8 Å². The molecule has 0 atom stereocenters. The molecule has 16 heavy (non-hydrogen) atoms. The van der Waals surface area contributed by atoms with Crippen molar-refractivity contribution in [2.45, 2.75) is 12.8 Å². The minimum absolute atomic E-state index is 0.162. The molecule has 0 heterocycles. The van der Waals surface area contributed by atoms with Crippen molar-refractivity contribution in [1.82, 2.24) is 10.6 Å². The smallest absolute Gasteiger partial charge is 0.310 e. The van der Waals surface area contributed by atoms with Crippen LogP contribution in [0.15, 0.2) is 0 Å². The van der Waals surface area contributed by atoms with Crippen LogP contribution in [0.5, 0.6) is 0 Å². The SMILES string of the molecule is N#CCNC(=O)C(=O)NCCOCC1CC1. The van der Waals surface area contributed by atoms with Crippen molar-refractivity contribution in [1.29, 1.82) is 5.26 Å². The Morgan fingerprint density at radius 1 is 1.31 bits per heavy atom. The van der Waals surface area contributed by atoms with Gasteiger partial charge in [0.1, 0.15) is 6.54 Å². The number of ether oxygens (including phenoxy) is 1. The maximum Gasteiger partial charge on any atom is 0.310 e. The van der Waals surface area contributed by atoms with Gasteiger partial charge in [-0.1, -0.05) is 0 Å². The van der Waals surface area contributed by atoms with Gasteiger partial charge in [0.2, 0.25) is 0 Å². The number of carbonyl (C=O) groups excluding carboxylic acids is 2. The Hall–Kier alpha value is -1.61. The summed E-state index contributed by atoms with van der Waals surface area (Å²) < 4.78 is 5.27. The Morgan fingerprint density at radius 2 is 2.00 bits per heavy atom. The first-order valence-corrected chi connectivity index (χ1v) is 5.24. The minimum atomic E-state index is -0.788. The van der Waals surface area contributed by atoms with Crippen LogP contribution in [0.4, 0.5) is 0 Å². The lowest BCUT2D eigenvalue weighted by Crippen LogP contribution is -2.41. The van der Waals surface area contributed by atoms with E-state index in [4.69, 9.17) is 10.00 Å². The molecule has 1 rings (SSSR count). The van der Waals surface area contributed by atoms with Crippen molar-refractivity contribution in [2.75, 3.05) is 26.3 Å². The Morgan fingerprint density at radius 3 is 2.62 bits per heavy atom. The normalized spacial score (nSPS) is 13.9. The molecule has 1 aliphatic carbocycles. The van der Waals surface area contributed by atoms with E-state index in [1.54, 1.807) is 6.07 Å². The Labute approximate surface area is 93.9 Å². The van der Waals surface area contributed by atoms with Crippen LogP contribution in [0.1, 0.15) is 12.8 Å². The fourth-order valence-corrected chi connectivity index (χ4v) is 1.05. The third-order valence-electron chi connectivity index (χ3n) is 2.12. The molecule has 1 aliphatic rings. The Kier molecular flexibility index (Phi) is 5.29. The van der Waals surface area contributed by atoms with E-state index < -0.39 is 11.8 Å². The van der Waals surface area contributed by atoms with Gasteiger partial charge in [-0.25, -0.2) is 0 Å². The topological polar surface area (TPSA) is 91.2 Å². The van der Waals surface area contributed by atoms with Crippen molar-refractivity contribution in [3.63, 3.8) is 0 Å². The van der Waals surface area contributed by atoms with Crippen LogP contribution in [0.25, 0.3) is 0 Å². The maximum atomic E-state index is 11.1. The van der Waals surface area contributed by atoms with Crippen molar-refractivity contribution < 1.29 is 14.3 Å². The molecule has 0 aromatic carbocycles. The highest BCUT2D eigenvalue weighted by atomic mass is 16.5. The van der Waals surface area contributed by atoms with E-state index in [2.05, 4.69) is 10.6 Å². The van der Waals surface area contributed by atoms with Crippen LogP contribution in [0, 0.1) is 17.2 Å². The number of amides is 2. The van der Waals surface area contributed by atoms with E-state index in [0.29, 0.717) is 19.1 Å². The van der Waals surface area contributed by atoms with Gasteiger partial charge in [-0.3, -0.25) is 9.59 Å². The van der Waals surface area contributed by atoms with Crippen LogP contribution in [-0.2, 0) is 14.3 Å².